The first-order valence-electron chi connectivity index (χ1n) is 8.46. The van der Waals surface area contributed by atoms with Gasteiger partial charge in [-0.05, 0) is 30.7 Å². The van der Waals surface area contributed by atoms with E-state index in [4.69, 9.17) is 0 Å². The van der Waals surface area contributed by atoms with Crippen molar-refractivity contribution in [1.82, 2.24) is 14.8 Å². The van der Waals surface area contributed by atoms with Crippen molar-refractivity contribution in [1.29, 1.82) is 0 Å². The molecule has 1 N–H and O–H groups in total. The third-order valence-corrected chi connectivity index (χ3v) is 4.11. The lowest BCUT2D eigenvalue weighted by Gasteiger charge is -2.09. The lowest BCUT2D eigenvalue weighted by atomic mass is 10.1. The fourth-order valence-corrected chi connectivity index (χ4v) is 2.90. The molecule has 0 fully saturated rings. The number of hydrogen-bond acceptors (Lipinski definition) is 3. The number of para-hydroxylation sites is 1. The number of nitrogens with zero attached hydrogens (tertiary/aromatic N) is 3. The highest BCUT2D eigenvalue weighted by Gasteiger charge is 2.12. The molecule has 0 saturated carbocycles. The van der Waals surface area contributed by atoms with Gasteiger partial charge in [0.25, 0.3) is 0 Å². The summed E-state index contributed by atoms with van der Waals surface area (Å²) in [7, 11) is 0. The highest BCUT2D eigenvalue weighted by atomic mass is 16.1. The third-order valence-electron chi connectivity index (χ3n) is 4.11. The number of rotatable bonds is 4. The van der Waals surface area contributed by atoms with Crippen molar-refractivity contribution in [3.05, 3.63) is 84.1 Å². The molecule has 0 atom stereocenters. The van der Waals surface area contributed by atoms with Crippen LogP contribution in [0.2, 0.25) is 0 Å². The van der Waals surface area contributed by atoms with Crippen LogP contribution in [-0.2, 0) is 11.2 Å². The molecule has 0 aliphatic carbocycles. The van der Waals surface area contributed by atoms with Crippen LogP contribution < -0.4 is 5.32 Å². The molecular weight excluding hydrogens is 324 g/mol. The summed E-state index contributed by atoms with van der Waals surface area (Å²) in [5, 5.41) is 8.50. The molecule has 0 spiro atoms. The van der Waals surface area contributed by atoms with E-state index in [0.29, 0.717) is 18.1 Å². The van der Waals surface area contributed by atoms with Crippen LogP contribution in [0.3, 0.4) is 0 Å². The molecule has 5 heteroatoms. The molecule has 128 valence electrons. The van der Waals surface area contributed by atoms with Gasteiger partial charge in [-0.15, -0.1) is 0 Å². The molecule has 4 aromatic rings. The average molecular weight is 342 g/mol. The minimum absolute atomic E-state index is 0.0851. The highest BCUT2D eigenvalue weighted by Crippen LogP contribution is 2.19. The SMILES string of the molecule is Cc1cc(NC(=O)Cc2ccccc2)n(-c2ccc3ccccc3n2)n1. The van der Waals surface area contributed by atoms with Crippen molar-refractivity contribution in [2.24, 2.45) is 0 Å². The fourth-order valence-electron chi connectivity index (χ4n) is 2.90. The van der Waals surface area contributed by atoms with Crippen molar-refractivity contribution in [3.63, 3.8) is 0 Å². The molecule has 4 rings (SSSR count). The maximum Gasteiger partial charge on any atom is 0.229 e. The quantitative estimate of drug-likeness (QED) is 0.612. The maximum atomic E-state index is 12.4. The van der Waals surface area contributed by atoms with Crippen molar-refractivity contribution in [3.8, 4) is 5.82 Å². The summed E-state index contributed by atoms with van der Waals surface area (Å²) in [6.07, 6.45) is 0.316. The van der Waals surface area contributed by atoms with E-state index in [2.05, 4.69) is 15.4 Å². The van der Waals surface area contributed by atoms with Gasteiger partial charge >= 0.3 is 0 Å². The summed E-state index contributed by atoms with van der Waals surface area (Å²) >= 11 is 0. The number of anilines is 1. The highest BCUT2D eigenvalue weighted by molar-refractivity contribution is 5.91. The Hall–Kier alpha value is -3.47. The van der Waals surface area contributed by atoms with Crippen molar-refractivity contribution < 1.29 is 4.79 Å². The zero-order valence-electron chi connectivity index (χ0n) is 14.4. The number of benzene rings is 2. The minimum Gasteiger partial charge on any atom is -0.310 e. The van der Waals surface area contributed by atoms with Gasteiger partial charge in [-0.3, -0.25) is 4.79 Å². The molecule has 5 nitrogen and oxygen atoms in total. The zero-order chi connectivity index (χ0) is 17.9. The Morgan fingerprint density at radius 1 is 1.00 bits per heavy atom. The number of nitrogens with one attached hydrogen (secondary N) is 1. The second kappa shape index (κ2) is 6.80. The number of aromatic nitrogens is 3. The third kappa shape index (κ3) is 3.32. The zero-order valence-corrected chi connectivity index (χ0v) is 14.4. The van der Waals surface area contributed by atoms with E-state index >= 15 is 0 Å². The summed E-state index contributed by atoms with van der Waals surface area (Å²) in [4.78, 5) is 17.1. The van der Waals surface area contributed by atoms with Crippen molar-refractivity contribution in [2.45, 2.75) is 13.3 Å². The summed E-state index contributed by atoms with van der Waals surface area (Å²) in [6, 6.07) is 23.3. The van der Waals surface area contributed by atoms with Crippen LogP contribution in [-0.4, -0.2) is 20.7 Å². The number of carbonyl (C=O) groups is 1. The van der Waals surface area contributed by atoms with E-state index in [9.17, 15) is 4.79 Å². The standard InChI is InChI=1S/C21H18N4O/c1-15-13-20(23-21(26)14-16-7-3-2-4-8-16)25(24-15)19-12-11-17-9-5-6-10-18(17)22-19/h2-13H,14H2,1H3,(H,23,26). The van der Waals surface area contributed by atoms with Gasteiger partial charge in [-0.25, -0.2) is 4.98 Å². The molecule has 2 aromatic carbocycles. The number of hydrogen-bond donors (Lipinski definition) is 1. The summed E-state index contributed by atoms with van der Waals surface area (Å²) in [6.45, 7) is 1.89. The van der Waals surface area contributed by atoms with Crippen LogP contribution in [0.5, 0.6) is 0 Å². The van der Waals surface area contributed by atoms with Gasteiger partial charge in [0, 0.05) is 11.5 Å². The van der Waals surface area contributed by atoms with Crippen LogP contribution in [0.15, 0.2) is 72.8 Å². The monoisotopic (exact) mass is 342 g/mol. The van der Waals surface area contributed by atoms with Gasteiger partial charge in [0.1, 0.15) is 5.82 Å². The predicted octanol–water partition coefficient (Wildman–Crippen LogP) is 3.91. The van der Waals surface area contributed by atoms with Crippen LogP contribution in [0, 0.1) is 6.92 Å². The Bertz CT molecular complexity index is 1070. The molecule has 0 unspecified atom stereocenters. The first kappa shape index (κ1) is 16.0. The minimum atomic E-state index is -0.0851. The fraction of sp³-hybridized carbons (Fsp3) is 0.0952. The van der Waals surface area contributed by atoms with Crippen LogP contribution >= 0.6 is 0 Å². The van der Waals surface area contributed by atoms with E-state index in [0.717, 1.165) is 22.2 Å². The lowest BCUT2D eigenvalue weighted by Crippen LogP contribution is -2.17. The molecule has 0 radical (unpaired) electrons. The molecule has 0 saturated heterocycles. The largest absolute Gasteiger partial charge is 0.310 e. The summed E-state index contributed by atoms with van der Waals surface area (Å²) in [5.41, 5.74) is 2.67. The van der Waals surface area contributed by atoms with Gasteiger partial charge in [-0.2, -0.15) is 9.78 Å². The summed E-state index contributed by atoms with van der Waals surface area (Å²) in [5.74, 6) is 1.20. The number of pyridine rings is 1. The molecule has 0 bridgehead atoms. The van der Waals surface area contributed by atoms with E-state index < -0.39 is 0 Å². The van der Waals surface area contributed by atoms with Crippen LogP contribution in [0.1, 0.15) is 11.3 Å². The van der Waals surface area contributed by atoms with E-state index in [-0.39, 0.29) is 5.91 Å². The smallest absolute Gasteiger partial charge is 0.229 e. The van der Waals surface area contributed by atoms with Crippen LogP contribution in [0.25, 0.3) is 16.7 Å². The Kier molecular flexibility index (Phi) is 4.19. The van der Waals surface area contributed by atoms with E-state index in [1.54, 1.807) is 4.68 Å². The molecule has 1 amide bonds. The number of aryl methyl sites for hydroxylation is 1. The van der Waals surface area contributed by atoms with Gasteiger partial charge in [0.05, 0.1) is 17.6 Å². The van der Waals surface area contributed by atoms with Gasteiger partial charge in [0.15, 0.2) is 5.82 Å². The lowest BCUT2D eigenvalue weighted by molar-refractivity contribution is -0.115. The van der Waals surface area contributed by atoms with Gasteiger partial charge in [-0.1, -0.05) is 48.5 Å². The number of carbonyl (C=O) groups excluding carboxylic acids is 1. The first-order valence-corrected chi connectivity index (χ1v) is 8.46. The number of fused-ring (bicyclic) bond motifs is 1. The molecular formula is C21H18N4O. The summed E-state index contributed by atoms with van der Waals surface area (Å²) < 4.78 is 1.67. The van der Waals surface area contributed by atoms with E-state index in [1.807, 2.05) is 79.7 Å². The van der Waals surface area contributed by atoms with Gasteiger partial charge in [0.2, 0.25) is 5.91 Å². The first-order chi connectivity index (χ1) is 12.7. The average Bonchev–Trinajstić information content (AvgIpc) is 3.02. The maximum absolute atomic E-state index is 12.4. The topological polar surface area (TPSA) is 59.8 Å². The Morgan fingerprint density at radius 2 is 1.77 bits per heavy atom. The molecule has 0 aliphatic heterocycles. The Balaban J connectivity index is 1.62. The Morgan fingerprint density at radius 3 is 2.62 bits per heavy atom. The normalized spacial score (nSPS) is 10.8. The van der Waals surface area contributed by atoms with Crippen molar-refractivity contribution >= 4 is 22.6 Å². The second-order valence-corrected chi connectivity index (χ2v) is 6.16. The molecule has 2 aromatic heterocycles. The van der Waals surface area contributed by atoms with Gasteiger partial charge < -0.3 is 5.32 Å². The molecule has 0 aliphatic rings. The Labute approximate surface area is 151 Å². The second-order valence-electron chi connectivity index (χ2n) is 6.16. The molecule has 2 heterocycles. The predicted molar refractivity (Wildman–Crippen MR) is 102 cm³/mol. The van der Waals surface area contributed by atoms with Crippen LogP contribution in [0.4, 0.5) is 5.82 Å². The van der Waals surface area contributed by atoms with E-state index in [1.165, 1.54) is 0 Å². The van der Waals surface area contributed by atoms with Crippen molar-refractivity contribution in [2.75, 3.05) is 5.32 Å². The number of amides is 1. The molecule has 26 heavy (non-hydrogen) atoms.